The van der Waals surface area contributed by atoms with Crippen LogP contribution in [-0.2, 0) is 28.6 Å². The first-order chi connectivity index (χ1) is 33.0. The standard InChI is InChI=1S/C61H108O6/c1-4-7-10-13-16-19-22-25-28-30-33-36-39-42-45-48-51-54-60(63)66-57-58(56-65-59(62)53-50-47-44-41-38-35-32-27-24-21-18-15-12-9-6-3)67-61(64)55-52-49-46-43-40-37-34-31-29-26-23-20-17-14-11-8-5-2/h16,19,21,24-25,28,33,36,42,45,58H,4-15,17-18,20,22-23,26-27,29-32,34-35,37-41,43-44,46-57H2,1-3H3/b19-16-,24-21-,28-25-,36-33-,45-42-/t58-/m0/s1. The maximum absolute atomic E-state index is 12.9. The van der Waals surface area contributed by atoms with Gasteiger partial charge in [0.1, 0.15) is 13.2 Å². The molecule has 0 spiro atoms. The zero-order valence-electron chi connectivity index (χ0n) is 44.4. The summed E-state index contributed by atoms with van der Waals surface area (Å²) in [6.45, 7) is 6.58. The van der Waals surface area contributed by atoms with Crippen molar-refractivity contribution < 1.29 is 28.6 Å². The summed E-state index contributed by atoms with van der Waals surface area (Å²) in [6, 6.07) is 0. The average molecular weight is 938 g/mol. The van der Waals surface area contributed by atoms with Crippen molar-refractivity contribution in [1.29, 1.82) is 0 Å². The molecular weight excluding hydrogens is 829 g/mol. The van der Waals surface area contributed by atoms with Crippen LogP contribution in [0.4, 0.5) is 0 Å². The van der Waals surface area contributed by atoms with Gasteiger partial charge in [-0.25, -0.2) is 0 Å². The summed E-state index contributed by atoms with van der Waals surface area (Å²) in [5, 5.41) is 0. The largest absolute Gasteiger partial charge is 0.462 e. The van der Waals surface area contributed by atoms with E-state index < -0.39 is 6.10 Å². The molecule has 0 fully saturated rings. The number of rotatable bonds is 52. The Morgan fingerprint density at radius 1 is 0.299 bits per heavy atom. The third-order valence-corrected chi connectivity index (χ3v) is 12.5. The Balaban J connectivity index is 4.44. The molecule has 6 nitrogen and oxygen atoms in total. The van der Waals surface area contributed by atoms with Crippen LogP contribution in [0.15, 0.2) is 60.8 Å². The van der Waals surface area contributed by atoms with Crippen LogP contribution in [-0.4, -0.2) is 37.2 Å². The van der Waals surface area contributed by atoms with Gasteiger partial charge in [-0.05, 0) is 83.5 Å². The first kappa shape index (κ1) is 64.1. The molecule has 0 saturated heterocycles. The summed E-state index contributed by atoms with van der Waals surface area (Å²) in [7, 11) is 0. The van der Waals surface area contributed by atoms with E-state index in [4.69, 9.17) is 14.2 Å². The lowest BCUT2D eigenvalue weighted by Crippen LogP contribution is -2.30. The number of hydrogen-bond acceptors (Lipinski definition) is 6. The Kier molecular flexibility index (Phi) is 53.3. The van der Waals surface area contributed by atoms with Crippen molar-refractivity contribution in [3.05, 3.63) is 60.8 Å². The SMILES string of the molecule is CCCCC/C=C\C/C=C\C/C=C\C/C=C\CCCC(=O)OC[C@H](COC(=O)CCCCCCCCC/C=C\CCCCCC)OC(=O)CCCCCCCCCCCCCCCCCCC. The molecule has 6 heteroatoms. The molecule has 0 amide bonds. The summed E-state index contributed by atoms with van der Waals surface area (Å²) >= 11 is 0. The Labute approximate surface area is 415 Å². The maximum Gasteiger partial charge on any atom is 0.306 e. The van der Waals surface area contributed by atoms with E-state index >= 15 is 0 Å². The molecule has 0 aliphatic rings. The van der Waals surface area contributed by atoms with E-state index in [1.165, 1.54) is 180 Å². The monoisotopic (exact) mass is 937 g/mol. The Morgan fingerprint density at radius 2 is 0.552 bits per heavy atom. The summed E-state index contributed by atoms with van der Waals surface area (Å²) in [5.41, 5.74) is 0. The minimum absolute atomic E-state index is 0.0910. The number of allylic oxidation sites excluding steroid dienone is 10. The van der Waals surface area contributed by atoms with Crippen molar-refractivity contribution in [2.75, 3.05) is 13.2 Å². The molecule has 0 aromatic heterocycles. The van der Waals surface area contributed by atoms with E-state index in [0.29, 0.717) is 19.3 Å². The van der Waals surface area contributed by atoms with Crippen LogP contribution >= 0.6 is 0 Å². The molecule has 0 aliphatic heterocycles. The second-order valence-electron chi connectivity index (χ2n) is 19.2. The highest BCUT2D eigenvalue weighted by molar-refractivity contribution is 5.71. The Bertz CT molecular complexity index is 1210. The molecule has 388 valence electrons. The van der Waals surface area contributed by atoms with Crippen LogP contribution < -0.4 is 0 Å². The first-order valence-corrected chi connectivity index (χ1v) is 28.8. The fourth-order valence-electron chi connectivity index (χ4n) is 8.14. The average Bonchev–Trinajstić information content (AvgIpc) is 3.33. The highest BCUT2D eigenvalue weighted by Crippen LogP contribution is 2.16. The Morgan fingerprint density at radius 3 is 0.955 bits per heavy atom. The van der Waals surface area contributed by atoms with Crippen LogP contribution in [0.2, 0.25) is 0 Å². The van der Waals surface area contributed by atoms with Crippen molar-refractivity contribution in [3.8, 4) is 0 Å². The third-order valence-electron chi connectivity index (χ3n) is 12.5. The predicted octanol–water partition coefficient (Wildman–Crippen LogP) is 19.2. The predicted molar refractivity (Wildman–Crippen MR) is 288 cm³/mol. The zero-order chi connectivity index (χ0) is 48.6. The lowest BCUT2D eigenvalue weighted by molar-refractivity contribution is -0.167. The summed E-state index contributed by atoms with van der Waals surface area (Å²) in [6.07, 6.45) is 69.3. The van der Waals surface area contributed by atoms with Crippen molar-refractivity contribution in [1.82, 2.24) is 0 Å². The van der Waals surface area contributed by atoms with Crippen LogP contribution in [0.3, 0.4) is 0 Å². The minimum Gasteiger partial charge on any atom is -0.462 e. The zero-order valence-corrected chi connectivity index (χ0v) is 44.4. The van der Waals surface area contributed by atoms with E-state index in [1.807, 2.05) is 0 Å². The van der Waals surface area contributed by atoms with E-state index in [1.54, 1.807) is 0 Å². The molecule has 0 aliphatic carbocycles. The van der Waals surface area contributed by atoms with E-state index in [9.17, 15) is 14.4 Å². The molecule has 0 bridgehead atoms. The van der Waals surface area contributed by atoms with Gasteiger partial charge in [-0.15, -0.1) is 0 Å². The van der Waals surface area contributed by atoms with Gasteiger partial charge in [0.25, 0.3) is 0 Å². The number of carbonyl (C=O) groups excluding carboxylic acids is 3. The second-order valence-corrected chi connectivity index (χ2v) is 19.2. The van der Waals surface area contributed by atoms with Crippen LogP contribution in [0.25, 0.3) is 0 Å². The molecule has 67 heavy (non-hydrogen) atoms. The second kappa shape index (κ2) is 55.7. The number of ether oxygens (including phenoxy) is 3. The lowest BCUT2D eigenvalue weighted by Gasteiger charge is -2.18. The van der Waals surface area contributed by atoms with E-state index in [0.717, 1.165) is 64.2 Å². The quantitative estimate of drug-likeness (QED) is 0.0262. The third kappa shape index (κ3) is 53.9. The molecule has 0 aromatic rings. The van der Waals surface area contributed by atoms with Crippen molar-refractivity contribution in [2.45, 2.75) is 297 Å². The number of hydrogen-bond donors (Lipinski definition) is 0. The summed E-state index contributed by atoms with van der Waals surface area (Å²) < 4.78 is 16.8. The molecule has 0 rings (SSSR count). The first-order valence-electron chi connectivity index (χ1n) is 28.8. The van der Waals surface area contributed by atoms with Gasteiger partial charge in [-0.1, -0.05) is 248 Å². The highest BCUT2D eigenvalue weighted by atomic mass is 16.6. The van der Waals surface area contributed by atoms with Gasteiger partial charge in [0.15, 0.2) is 6.10 Å². The fourth-order valence-corrected chi connectivity index (χ4v) is 8.14. The summed E-state index contributed by atoms with van der Waals surface area (Å²) in [4.78, 5) is 38.1. The highest BCUT2D eigenvalue weighted by Gasteiger charge is 2.19. The lowest BCUT2D eigenvalue weighted by atomic mass is 10.0. The molecule has 1 atom stereocenters. The van der Waals surface area contributed by atoms with Crippen molar-refractivity contribution >= 4 is 17.9 Å². The van der Waals surface area contributed by atoms with E-state index in [2.05, 4.69) is 81.5 Å². The van der Waals surface area contributed by atoms with Gasteiger partial charge < -0.3 is 14.2 Å². The van der Waals surface area contributed by atoms with Crippen LogP contribution in [0.1, 0.15) is 290 Å². The van der Waals surface area contributed by atoms with Gasteiger partial charge in [-0.2, -0.15) is 0 Å². The molecule has 0 aromatic carbocycles. The molecule has 0 N–H and O–H groups in total. The van der Waals surface area contributed by atoms with Crippen molar-refractivity contribution in [2.24, 2.45) is 0 Å². The smallest absolute Gasteiger partial charge is 0.306 e. The van der Waals surface area contributed by atoms with Gasteiger partial charge in [0.05, 0.1) is 0 Å². The maximum atomic E-state index is 12.9. The van der Waals surface area contributed by atoms with Gasteiger partial charge in [0, 0.05) is 19.3 Å². The van der Waals surface area contributed by atoms with Crippen LogP contribution in [0.5, 0.6) is 0 Å². The molecule has 0 radical (unpaired) electrons. The molecule has 0 heterocycles. The molecular formula is C61H108O6. The van der Waals surface area contributed by atoms with Gasteiger partial charge in [-0.3, -0.25) is 14.4 Å². The fraction of sp³-hybridized carbons (Fsp3) is 0.787. The molecule has 0 saturated carbocycles. The van der Waals surface area contributed by atoms with E-state index in [-0.39, 0.29) is 37.5 Å². The van der Waals surface area contributed by atoms with Crippen LogP contribution in [0, 0.1) is 0 Å². The number of esters is 3. The number of carbonyl (C=O) groups is 3. The van der Waals surface area contributed by atoms with Gasteiger partial charge in [0.2, 0.25) is 0 Å². The minimum atomic E-state index is -0.796. The normalized spacial score (nSPS) is 12.5. The summed E-state index contributed by atoms with van der Waals surface area (Å²) in [5.74, 6) is -0.941. The molecule has 0 unspecified atom stereocenters. The van der Waals surface area contributed by atoms with Crippen molar-refractivity contribution in [3.63, 3.8) is 0 Å². The van der Waals surface area contributed by atoms with Gasteiger partial charge >= 0.3 is 17.9 Å². The number of unbranched alkanes of at least 4 members (excludes halogenated alkanes) is 31. The topological polar surface area (TPSA) is 78.9 Å². The Hall–Kier alpha value is -2.89.